The zero-order valence-corrected chi connectivity index (χ0v) is 17.6. The van der Waals surface area contributed by atoms with Gasteiger partial charge in [0.1, 0.15) is 5.01 Å². The molecule has 8 heteroatoms. The maximum absolute atomic E-state index is 12.1. The Morgan fingerprint density at radius 2 is 1.97 bits per heavy atom. The molecule has 0 aliphatic carbocycles. The molecule has 0 saturated heterocycles. The highest BCUT2D eigenvalue weighted by Crippen LogP contribution is 2.28. The van der Waals surface area contributed by atoms with Gasteiger partial charge in [0.25, 0.3) is 5.91 Å². The highest BCUT2D eigenvalue weighted by molar-refractivity contribution is 7.19. The Balaban J connectivity index is 1.55. The number of hydrogen-bond acceptors (Lipinski definition) is 6. The monoisotopic (exact) mass is 425 g/mol. The third kappa shape index (κ3) is 5.81. The topological polar surface area (TPSA) is 89.6 Å². The van der Waals surface area contributed by atoms with Gasteiger partial charge in [-0.05, 0) is 42.8 Å². The van der Waals surface area contributed by atoms with Gasteiger partial charge in [0.05, 0.1) is 17.3 Å². The van der Waals surface area contributed by atoms with Crippen molar-refractivity contribution in [2.75, 3.05) is 20.3 Å². The fourth-order valence-electron chi connectivity index (χ4n) is 2.69. The maximum atomic E-state index is 12.1. The Labute approximate surface area is 178 Å². The second kappa shape index (κ2) is 10.4. The van der Waals surface area contributed by atoms with Crippen LogP contribution >= 0.6 is 11.3 Å². The largest absolute Gasteiger partial charge is 0.493 e. The van der Waals surface area contributed by atoms with Crippen LogP contribution in [-0.2, 0) is 16.1 Å². The number of fused-ring (bicyclic) bond motifs is 1. The molecule has 0 saturated carbocycles. The van der Waals surface area contributed by atoms with E-state index in [1.165, 1.54) is 24.5 Å². The minimum absolute atomic E-state index is 0.0865. The molecule has 2 aromatic carbocycles. The zero-order valence-electron chi connectivity index (χ0n) is 16.8. The van der Waals surface area contributed by atoms with Crippen LogP contribution in [0.1, 0.15) is 17.5 Å². The molecular formula is C22H23N3O4S. The lowest BCUT2D eigenvalue weighted by atomic mass is 10.2. The Morgan fingerprint density at radius 1 is 1.13 bits per heavy atom. The van der Waals surface area contributed by atoms with Gasteiger partial charge in [0.2, 0.25) is 5.91 Å². The lowest BCUT2D eigenvalue weighted by Gasteiger charge is -2.12. The molecule has 3 rings (SSSR count). The van der Waals surface area contributed by atoms with E-state index in [9.17, 15) is 9.59 Å². The Morgan fingerprint density at radius 3 is 2.73 bits per heavy atom. The normalized spacial score (nSPS) is 10.9. The predicted molar refractivity (Wildman–Crippen MR) is 118 cm³/mol. The predicted octanol–water partition coefficient (Wildman–Crippen LogP) is 3.15. The summed E-state index contributed by atoms with van der Waals surface area (Å²) in [6.45, 7) is 2.63. The number of methoxy groups -OCH3 is 1. The van der Waals surface area contributed by atoms with Crippen LogP contribution in [0.15, 0.2) is 48.5 Å². The number of hydrogen-bond donors (Lipinski definition) is 2. The summed E-state index contributed by atoms with van der Waals surface area (Å²) in [5, 5.41) is 6.28. The molecule has 0 aliphatic heterocycles. The van der Waals surface area contributed by atoms with Crippen molar-refractivity contribution >= 4 is 39.4 Å². The Kier molecular flexibility index (Phi) is 7.40. The molecule has 30 heavy (non-hydrogen) atoms. The average Bonchev–Trinajstić information content (AvgIpc) is 3.18. The molecule has 7 nitrogen and oxygen atoms in total. The number of rotatable bonds is 9. The first kappa shape index (κ1) is 21.3. The number of benzene rings is 2. The van der Waals surface area contributed by atoms with E-state index in [1.54, 1.807) is 18.2 Å². The molecule has 0 unspecified atom stereocenters. The molecule has 1 heterocycles. The van der Waals surface area contributed by atoms with Crippen LogP contribution < -0.4 is 20.1 Å². The summed E-state index contributed by atoms with van der Waals surface area (Å²) >= 11 is 1.53. The standard InChI is InChI=1S/C22H23N3O4S/c1-3-23-21(27)14-29-17-9-8-15(12-18(17)28-2)13-24-20(26)10-11-22-25-16-6-4-5-7-19(16)30-22/h4-12H,3,13-14H2,1-2H3,(H,23,27)(H,24,26)/b11-10+. The molecule has 0 atom stereocenters. The number of carbonyl (C=O) groups excluding carboxylic acids is 2. The van der Waals surface area contributed by atoms with Crippen molar-refractivity contribution in [3.63, 3.8) is 0 Å². The van der Waals surface area contributed by atoms with Crippen LogP contribution in [0.4, 0.5) is 0 Å². The number of carbonyl (C=O) groups is 2. The van der Waals surface area contributed by atoms with Crippen LogP contribution in [0.3, 0.4) is 0 Å². The molecule has 2 N–H and O–H groups in total. The van der Waals surface area contributed by atoms with Gasteiger partial charge in [-0.3, -0.25) is 9.59 Å². The molecule has 0 aliphatic rings. The van der Waals surface area contributed by atoms with Crippen molar-refractivity contribution in [3.8, 4) is 11.5 Å². The van der Waals surface area contributed by atoms with Crippen LogP contribution in [0.5, 0.6) is 11.5 Å². The molecule has 0 bridgehead atoms. The highest BCUT2D eigenvalue weighted by Gasteiger charge is 2.09. The molecular weight excluding hydrogens is 402 g/mol. The fraction of sp³-hybridized carbons (Fsp3) is 0.227. The second-order valence-electron chi connectivity index (χ2n) is 6.30. The fourth-order valence-corrected chi connectivity index (χ4v) is 3.56. The van der Waals surface area contributed by atoms with E-state index < -0.39 is 0 Å². The van der Waals surface area contributed by atoms with E-state index in [1.807, 2.05) is 37.3 Å². The summed E-state index contributed by atoms with van der Waals surface area (Å²) in [5.74, 6) is 0.547. The number of likely N-dealkylation sites (N-methyl/N-ethyl adjacent to an activating group) is 1. The lowest BCUT2D eigenvalue weighted by Crippen LogP contribution is -2.28. The van der Waals surface area contributed by atoms with Crippen molar-refractivity contribution < 1.29 is 19.1 Å². The molecule has 0 fully saturated rings. The highest BCUT2D eigenvalue weighted by atomic mass is 32.1. The summed E-state index contributed by atoms with van der Waals surface area (Å²) in [6.07, 6.45) is 3.18. The summed E-state index contributed by atoms with van der Waals surface area (Å²) in [4.78, 5) is 28.2. The van der Waals surface area contributed by atoms with E-state index in [-0.39, 0.29) is 18.4 Å². The minimum Gasteiger partial charge on any atom is -0.493 e. The number of amides is 2. The average molecular weight is 426 g/mol. The number of nitrogens with one attached hydrogen (secondary N) is 2. The zero-order chi connectivity index (χ0) is 21.3. The van der Waals surface area contributed by atoms with Gasteiger partial charge in [-0.15, -0.1) is 11.3 Å². The first-order valence-electron chi connectivity index (χ1n) is 9.47. The molecule has 0 radical (unpaired) electrons. The number of thiazole rings is 1. The van der Waals surface area contributed by atoms with Gasteiger partial charge >= 0.3 is 0 Å². The first-order valence-corrected chi connectivity index (χ1v) is 10.3. The van der Waals surface area contributed by atoms with Gasteiger partial charge in [-0.1, -0.05) is 18.2 Å². The Hall–Kier alpha value is -3.39. The van der Waals surface area contributed by atoms with Gasteiger partial charge in [0, 0.05) is 19.2 Å². The summed E-state index contributed by atoms with van der Waals surface area (Å²) < 4.78 is 11.9. The molecule has 3 aromatic rings. The van der Waals surface area contributed by atoms with Crippen molar-refractivity contribution in [2.24, 2.45) is 0 Å². The van der Waals surface area contributed by atoms with Crippen molar-refractivity contribution in [2.45, 2.75) is 13.5 Å². The van der Waals surface area contributed by atoms with E-state index in [4.69, 9.17) is 9.47 Å². The van der Waals surface area contributed by atoms with Gasteiger partial charge in [-0.25, -0.2) is 4.98 Å². The number of nitrogens with zero attached hydrogens (tertiary/aromatic N) is 1. The number of para-hydroxylation sites is 1. The molecule has 1 aromatic heterocycles. The van der Waals surface area contributed by atoms with E-state index >= 15 is 0 Å². The van der Waals surface area contributed by atoms with Crippen LogP contribution in [0.2, 0.25) is 0 Å². The molecule has 0 spiro atoms. The summed E-state index contributed by atoms with van der Waals surface area (Å²) in [5.41, 5.74) is 1.77. The van der Waals surface area contributed by atoms with E-state index in [2.05, 4.69) is 15.6 Å². The SMILES string of the molecule is CCNC(=O)COc1ccc(CNC(=O)/C=C/c2nc3ccccc3s2)cc1OC. The van der Waals surface area contributed by atoms with Crippen LogP contribution in [-0.4, -0.2) is 37.1 Å². The molecule has 156 valence electrons. The summed E-state index contributed by atoms with van der Waals surface area (Å²) in [7, 11) is 1.53. The second-order valence-corrected chi connectivity index (χ2v) is 7.36. The number of ether oxygens (including phenoxy) is 2. The quantitative estimate of drug-likeness (QED) is 0.514. The minimum atomic E-state index is -0.218. The number of aromatic nitrogens is 1. The Bertz CT molecular complexity index is 1030. The van der Waals surface area contributed by atoms with Crippen molar-refractivity contribution in [1.29, 1.82) is 0 Å². The lowest BCUT2D eigenvalue weighted by molar-refractivity contribution is -0.123. The summed E-state index contributed by atoms with van der Waals surface area (Å²) in [6, 6.07) is 13.1. The van der Waals surface area contributed by atoms with Gasteiger partial charge < -0.3 is 20.1 Å². The first-order chi connectivity index (χ1) is 14.6. The van der Waals surface area contributed by atoms with E-state index in [0.29, 0.717) is 24.6 Å². The van der Waals surface area contributed by atoms with Gasteiger partial charge in [-0.2, -0.15) is 0 Å². The van der Waals surface area contributed by atoms with Crippen molar-refractivity contribution in [1.82, 2.24) is 15.6 Å². The third-order valence-corrected chi connectivity index (χ3v) is 5.12. The van der Waals surface area contributed by atoms with E-state index in [0.717, 1.165) is 20.8 Å². The van der Waals surface area contributed by atoms with Crippen LogP contribution in [0.25, 0.3) is 16.3 Å². The molecule has 2 amide bonds. The van der Waals surface area contributed by atoms with Crippen LogP contribution in [0, 0.1) is 0 Å². The third-order valence-electron chi connectivity index (χ3n) is 4.12. The van der Waals surface area contributed by atoms with Gasteiger partial charge in [0.15, 0.2) is 18.1 Å². The van der Waals surface area contributed by atoms with Crippen molar-refractivity contribution in [3.05, 3.63) is 59.1 Å². The maximum Gasteiger partial charge on any atom is 0.257 e. The smallest absolute Gasteiger partial charge is 0.257 e.